The largest absolute Gasteiger partial charge is 0.492 e. The maximum absolute atomic E-state index is 12.4. The smallest absolute Gasteiger partial charge is 0.225 e. The molecule has 0 N–H and O–H groups in total. The molecule has 1 aliphatic heterocycles. The van der Waals surface area contributed by atoms with E-state index < -0.39 is 0 Å². The first-order chi connectivity index (χ1) is 15.6. The Hall–Kier alpha value is -2.86. The number of benzene rings is 1. The normalized spacial score (nSPS) is 18.0. The van der Waals surface area contributed by atoms with Crippen LogP contribution in [-0.4, -0.2) is 74.1 Å². The Labute approximate surface area is 190 Å². The molecule has 6 nitrogen and oxygen atoms in total. The van der Waals surface area contributed by atoms with Crippen LogP contribution in [0.3, 0.4) is 0 Å². The van der Waals surface area contributed by atoms with E-state index in [0.29, 0.717) is 18.4 Å². The molecule has 1 aromatic carbocycles. The highest BCUT2D eigenvalue weighted by molar-refractivity contribution is 5.92. The third-order valence-electron chi connectivity index (χ3n) is 6.62. The van der Waals surface area contributed by atoms with Gasteiger partial charge in [-0.05, 0) is 62.3 Å². The van der Waals surface area contributed by atoms with Gasteiger partial charge in [0.25, 0.3) is 0 Å². The minimum atomic E-state index is 0.307. The molecule has 1 saturated heterocycles. The van der Waals surface area contributed by atoms with Crippen molar-refractivity contribution in [2.75, 3.05) is 58.3 Å². The number of rotatable bonds is 7. The SMILES string of the molecule is CN(C)CCOc1ccc(C2=Cc3c(N4CCN(C(=O)C5CC5)CC4)ccnc3C2)cc1. The molecule has 1 saturated carbocycles. The first-order valence-electron chi connectivity index (χ1n) is 11.7. The Balaban J connectivity index is 1.26. The van der Waals surface area contributed by atoms with Crippen molar-refractivity contribution in [3.05, 3.63) is 53.3 Å². The Kier molecular flexibility index (Phi) is 5.87. The van der Waals surface area contributed by atoms with Gasteiger partial charge in [-0.15, -0.1) is 0 Å². The molecule has 0 unspecified atom stereocenters. The van der Waals surface area contributed by atoms with Gasteiger partial charge in [-0.3, -0.25) is 9.78 Å². The number of fused-ring (bicyclic) bond motifs is 1. The van der Waals surface area contributed by atoms with Crippen LogP contribution in [0.1, 0.15) is 29.7 Å². The number of likely N-dealkylation sites (N-methyl/N-ethyl adjacent to an activating group) is 1. The molecule has 0 bridgehead atoms. The van der Waals surface area contributed by atoms with E-state index in [-0.39, 0.29) is 0 Å². The zero-order valence-corrected chi connectivity index (χ0v) is 19.1. The van der Waals surface area contributed by atoms with Crippen molar-refractivity contribution in [1.29, 1.82) is 0 Å². The summed E-state index contributed by atoms with van der Waals surface area (Å²) in [6, 6.07) is 10.5. The monoisotopic (exact) mass is 432 g/mol. The zero-order chi connectivity index (χ0) is 22.1. The van der Waals surface area contributed by atoms with Gasteiger partial charge in [0.05, 0.1) is 5.69 Å². The quantitative estimate of drug-likeness (QED) is 0.673. The summed E-state index contributed by atoms with van der Waals surface area (Å²) in [6.07, 6.45) is 7.22. The molecule has 2 aliphatic carbocycles. The maximum Gasteiger partial charge on any atom is 0.225 e. The van der Waals surface area contributed by atoms with Crippen molar-refractivity contribution in [2.24, 2.45) is 5.92 Å². The number of pyridine rings is 1. The number of ether oxygens (including phenoxy) is 1. The second kappa shape index (κ2) is 8.94. The second-order valence-electron chi connectivity index (χ2n) is 9.30. The van der Waals surface area contributed by atoms with Crippen molar-refractivity contribution in [3.8, 4) is 5.75 Å². The molecule has 2 heterocycles. The fraction of sp³-hybridized carbons (Fsp3) is 0.462. The van der Waals surface area contributed by atoms with Gasteiger partial charge >= 0.3 is 0 Å². The average Bonchev–Trinajstić information content (AvgIpc) is 3.57. The van der Waals surface area contributed by atoms with Gasteiger partial charge in [0.1, 0.15) is 12.4 Å². The van der Waals surface area contributed by atoms with E-state index in [1.54, 1.807) is 0 Å². The third kappa shape index (κ3) is 4.51. The van der Waals surface area contributed by atoms with E-state index in [4.69, 9.17) is 4.74 Å². The minimum absolute atomic E-state index is 0.307. The fourth-order valence-corrected chi connectivity index (χ4v) is 4.54. The van der Waals surface area contributed by atoms with Crippen molar-refractivity contribution in [2.45, 2.75) is 19.3 Å². The lowest BCUT2D eigenvalue weighted by molar-refractivity contribution is -0.132. The molecule has 2 fully saturated rings. The van der Waals surface area contributed by atoms with E-state index in [1.807, 2.05) is 20.3 Å². The van der Waals surface area contributed by atoms with Crippen LogP contribution in [0.4, 0.5) is 5.69 Å². The maximum atomic E-state index is 12.4. The molecule has 6 heteroatoms. The summed E-state index contributed by atoms with van der Waals surface area (Å²) < 4.78 is 5.83. The Morgan fingerprint density at radius 2 is 1.84 bits per heavy atom. The third-order valence-corrected chi connectivity index (χ3v) is 6.62. The summed E-state index contributed by atoms with van der Waals surface area (Å²) in [5, 5.41) is 0. The molecule has 1 aromatic heterocycles. The lowest BCUT2D eigenvalue weighted by Gasteiger charge is -2.37. The number of carbonyl (C=O) groups excluding carboxylic acids is 1. The number of hydrogen-bond donors (Lipinski definition) is 0. The average molecular weight is 433 g/mol. The summed E-state index contributed by atoms with van der Waals surface area (Å²) in [5.74, 6) is 1.58. The number of nitrogens with zero attached hydrogens (tertiary/aromatic N) is 4. The Morgan fingerprint density at radius 1 is 1.09 bits per heavy atom. The van der Waals surface area contributed by atoms with Crippen LogP contribution in [0.2, 0.25) is 0 Å². The van der Waals surface area contributed by atoms with Crippen LogP contribution in [0.5, 0.6) is 5.75 Å². The zero-order valence-electron chi connectivity index (χ0n) is 19.1. The summed E-state index contributed by atoms with van der Waals surface area (Å²) in [4.78, 5) is 23.6. The van der Waals surface area contributed by atoms with Crippen LogP contribution in [0.15, 0.2) is 36.5 Å². The number of carbonyl (C=O) groups is 1. The lowest BCUT2D eigenvalue weighted by Crippen LogP contribution is -2.49. The highest BCUT2D eigenvalue weighted by Gasteiger charge is 2.35. The number of aromatic nitrogens is 1. The number of amides is 1. The van der Waals surface area contributed by atoms with E-state index in [0.717, 1.165) is 63.4 Å². The minimum Gasteiger partial charge on any atom is -0.492 e. The highest BCUT2D eigenvalue weighted by atomic mass is 16.5. The first-order valence-corrected chi connectivity index (χ1v) is 11.7. The Morgan fingerprint density at radius 3 is 2.53 bits per heavy atom. The number of piperazine rings is 1. The predicted molar refractivity (Wildman–Crippen MR) is 128 cm³/mol. The van der Waals surface area contributed by atoms with Gasteiger partial charge < -0.3 is 19.4 Å². The summed E-state index contributed by atoms with van der Waals surface area (Å²) in [5.41, 5.74) is 6.12. The van der Waals surface area contributed by atoms with Gasteiger partial charge in [0.2, 0.25) is 5.91 Å². The molecule has 3 aliphatic rings. The first kappa shape index (κ1) is 21.0. The number of allylic oxidation sites excluding steroid dienone is 1. The van der Waals surface area contributed by atoms with Gasteiger partial charge in [0.15, 0.2) is 0 Å². The van der Waals surface area contributed by atoms with Crippen LogP contribution in [-0.2, 0) is 11.2 Å². The van der Waals surface area contributed by atoms with Crippen LogP contribution in [0.25, 0.3) is 11.6 Å². The molecule has 5 rings (SSSR count). The van der Waals surface area contributed by atoms with Crippen molar-refractivity contribution in [1.82, 2.24) is 14.8 Å². The van der Waals surface area contributed by atoms with Gasteiger partial charge in [-0.25, -0.2) is 0 Å². The summed E-state index contributed by atoms with van der Waals surface area (Å²) in [7, 11) is 4.10. The molecule has 1 amide bonds. The fourth-order valence-electron chi connectivity index (χ4n) is 4.54. The lowest BCUT2D eigenvalue weighted by atomic mass is 10.1. The van der Waals surface area contributed by atoms with Gasteiger partial charge in [0, 0.05) is 62.5 Å². The Bertz CT molecular complexity index is 1000. The molecule has 32 heavy (non-hydrogen) atoms. The van der Waals surface area contributed by atoms with Crippen molar-refractivity contribution < 1.29 is 9.53 Å². The van der Waals surface area contributed by atoms with E-state index in [1.165, 1.54) is 22.4 Å². The van der Waals surface area contributed by atoms with E-state index in [2.05, 4.69) is 56.1 Å². The van der Waals surface area contributed by atoms with Gasteiger partial charge in [-0.2, -0.15) is 0 Å². The van der Waals surface area contributed by atoms with Crippen LogP contribution in [0, 0.1) is 5.92 Å². The second-order valence-corrected chi connectivity index (χ2v) is 9.30. The molecular weight excluding hydrogens is 400 g/mol. The molecule has 0 radical (unpaired) electrons. The van der Waals surface area contributed by atoms with Crippen molar-refractivity contribution in [3.63, 3.8) is 0 Å². The van der Waals surface area contributed by atoms with Crippen LogP contribution >= 0.6 is 0 Å². The standard InChI is InChI=1S/C26H32N4O2/c1-28(2)15-16-32-22-7-5-19(6-8-22)21-17-23-24(18-21)27-10-9-25(23)29-11-13-30(14-12-29)26(31)20-3-4-20/h5-10,17,20H,3-4,11-16,18H2,1-2H3. The van der Waals surface area contributed by atoms with Crippen LogP contribution < -0.4 is 9.64 Å². The number of anilines is 1. The molecule has 0 atom stereocenters. The molecule has 0 spiro atoms. The summed E-state index contributed by atoms with van der Waals surface area (Å²) >= 11 is 0. The number of hydrogen-bond acceptors (Lipinski definition) is 5. The summed E-state index contributed by atoms with van der Waals surface area (Å²) in [6.45, 7) is 5.00. The highest BCUT2D eigenvalue weighted by Crippen LogP contribution is 2.37. The molecule has 168 valence electrons. The van der Waals surface area contributed by atoms with E-state index in [9.17, 15) is 4.79 Å². The van der Waals surface area contributed by atoms with Gasteiger partial charge in [-0.1, -0.05) is 12.1 Å². The molecule has 2 aromatic rings. The van der Waals surface area contributed by atoms with E-state index >= 15 is 0 Å². The van der Waals surface area contributed by atoms with Crippen molar-refractivity contribution >= 4 is 23.2 Å². The predicted octanol–water partition coefficient (Wildman–Crippen LogP) is 3.18. The topological polar surface area (TPSA) is 48.9 Å². The molecular formula is C26H32N4O2.